The Balaban J connectivity index is 1.70. The first kappa shape index (κ1) is 9.22. The highest BCUT2D eigenvalue weighted by Crippen LogP contribution is 2.36. The molecule has 1 aromatic rings. The van der Waals surface area contributed by atoms with E-state index in [1.54, 1.807) is 0 Å². The maximum atomic E-state index is 5.80. The number of ether oxygens (including phenoxy) is 1. The molecule has 1 atom stereocenters. The van der Waals surface area contributed by atoms with E-state index in [0.29, 0.717) is 6.10 Å². The highest BCUT2D eigenvalue weighted by Gasteiger charge is 2.35. The summed E-state index contributed by atoms with van der Waals surface area (Å²) in [6, 6.07) is 11.3. The molecule has 1 aromatic carbocycles. The minimum absolute atomic E-state index is 0.475. The fourth-order valence-corrected chi connectivity index (χ4v) is 2.25. The number of rotatable bonds is 2. The lowest BCUT2D eigenvalue weighted by Gasteiger charge is -2.34. The van der Waals surface area contributed by atoms with Crippen molar-refractivity contribution in [3.63, 3.8) is 0 Å². The van der Waals surface area contributed by atoms with Gasteiger partial charge in [0.25, 0.3) is 0 Å². The van der Waals surface area contributed by atoms with Crippen molar-refractivity contribution in [1.29, 1.82) is 0 Å². The molecule has 2 fully saturated rings. The first-order valence-electron chi connectivity index (χ1n) is 5.76. The molecule has 0 N–H and O–H groups in total. The van der Waals surface area contributed by atoms with Gasteiger partial charge in [0.05, 0.1) is 12.7 Å². The fourth-order valence-electron chi connectivity index (χ4n) is 2.25. The Kier molecular flexibility index (Phi) is 2.37. The van der Waals surface area contributed by atoms with E-state index in [1.165, 1.54) is 18.5 Å². The predicted octanol–water partition coefficient (Wildman–Crippen LogP) is 2.10. The number of morpholine rings is 1. The first-order valence-corrected chi connectivity index (χ1v) is 5.76. The third-order valence-corrected chi connectivity index (χ3v) is 3.31. The summed E-state index contributed by atoms with van der Waals surface area (Å²) in [7, 11) is 0. The lowest BCUT2D eigenvalue weighted by Crippen LogP contribution is -2.43. The molecule has 1 saturated carbocycles. The minimum Gasteiger partial charge on any atom is -0.374 e. The van der Waals surface area contributed by atoms with Gasteiger partial charge in [0.1, 0.15) is 0 Å². The van der Waals surface area contributed by atoms with Crippen molar-refractivity contribution >= 4 is 5.69 Å². The quantitative estimate of drug-likeness (QED) is 0.728. The Labute approximate surface area is 90.8 Å². The fraction of sp³-hybridized carbons (Fsp3) is 0.538. The van der Waals surface area contributed by atoms with Crippen molar-refractivity contribution in [2.75, 3.05) is 24.6 Å². The van der Waals surface area contributed by atoms with E-state index in [9.17, 15) is 0 Å². The molecule has 1 aliphatic heterocycles. The van der Waals surface area contributed by atoms with Gasteiger partial charge in [-0.1, -0.05) is 12.1 Å². The van der Waals surface area contributed by atoms with Crippen LogP contribution >= 0.6 is 0 Å². The molecule has 1 radical (unpaired) electrons. The minimum atomic E-state index is 0.475. The van der Waals surface area contributed by atoms with E-state index < -0.39 is 0 Å². The van der Waals surface area contributed by atoms with Crippen LogP contribution in [0.3, 0.4) is 0 Å². The van der Waals surface area contributed by atoms with E-state index in [1.807, 2.05) is 12.1 Å². The van der Waals surface area contributed by atoms with Crippen LogP contribution < -0.4 is 4.90 Å². The summed E-state index contributed by atoms with van der Waals surface area (Å²) in [6.45, 7) is 2.96. The lowest BCUT2D eigenvalue weighted by molar-refractivity contribution is 0.0264. The van der Waals surface area contributed by atoms with Crippen molar-refractivity contribution < 1.29 is 4.74 Å². The third kappa shape index (κ3) is 2.00. The Morgan fingerprint density at radius 2 is 2.07 bits per heavy atom. The molecular formula is C13H16NO. The van der Waals surface area contributed by atoms with Gasteiger partial charge in [-0.2, -0.15) is 0 Å². The number of hydrogen-bond acceptors (Lipinski definition) is 2. The number of hydrogen-bond donors (Lipinski definition) is 0. The molecule has 0 spiro atoms. The van der Waals surface area contributed by atoms with Crippen LogP contribution in [0.25, 0.3) is 0 Å². The zero-order valence-electron chi connectivity index (χ0n) is 8.86. The topological polar surface area (TPSA) is 12.5 Å². The monoisotopic (exact) mass is 202 g/mol. The second-order valence-electron chi connectivity index (χ2n) is 4.45. The third-order valence-electron chi connectivity index (χ3n) is 3.31. The van der Waals surface area contributed by atoms with E-state index in [2.05, 4.69) is 23.1 Å². The Morgan fingerprint density at radius 3 is 2.80 bits per heavy atom. The summed E-state index contributed by atoms with van der Waals surface area (Å²) >= 11 is 0. The van der Waals surface area contributed by atoms with Gasteiger partial charge in [0.15, 0.2) is 0 Å². The van der Waals surface area contributed by atoms with Crippen LogP contribution in [0.2, 0.25) is 0 Å². The van der Waals surface area contributed by atoms with Crippen molar-refractivity contribution in [3.05, 3.63) is 30.3 Å². The van der Waals surface area contributed by atoms with Gasteiger partial charge < -0.3 is 9.64 Å². The number of anilines is 1. The molecule has 1 unspecified atom stereocenters. The molecule has 2 heteroatoms. The molecule has 0 aromatic heterocycles. The molecule has 2 aliphatic rings. The van der Waals surface area contributed by atoms with E-state index in [4.69, 9.17) is 4.74 Å². The lowest BCUT2D eigenvalue weighted by atomic mass is 10.1. The smallest absolute Gasteiger partial charge is 0.0778 e. The van der Waals surface area contributed by atoms with Gasteiger partial charge in [0.2, 0.25) is 0 Å². The Bertz CT molecular complexity index is 321. The van der Waals surface area contributed by atoms with Gasteiger partial charge in [-0.05, 0) is 37.0 Å². The van der Waals surface area contributed by atoms with Gasteiger partial charge in [-0.3, -0.25) is 0 Å². The molecule has 2 nitrogen and oxygen atoms in total. The molecule has 1 saturated heterocycles. The largest absolute Gasteiger partial charge is 0.374 e. The van der Waals surface area contributed by atoms with E-state index in [0.717, 1.165) is 25.6 Å². The van der Waals surface area contributed by atoms with E-state index in [-0.39, 0.29) is 0 Å². The van der Waals surface area contributed by atoms with Gasteiger partial charge >= 0.3 is 0 Å². The van der Waals surface area contributed by atoms with Crippen molar-refractivity contribution in [3.8, 4) is 0 Å². The maximum Gasteiger partial charge on any atom is 0.0778 e. The molecule has 1 aliphatic carbocycles. The normalized spacial score (nSPS) is 26.7. The second-order valence-corrected chi connectivity index (χ2v) is 4.45. The van der Waals surface area contributed by atoms with Crippen molar-refractivity contribution in [1.82, 2.24) is 0 Å². The zero-order valence-corrected chi connectivity index (χ0v) is 8.86. The zero-order chi connectivity index (χ0) is 10.1. The molecular weight excluding hydrogens is 186 g/mol. The average Bonchev–Trinajstić information content (AvgIpc) is 3.14. The maximum absolute atomic E-state index is 5.80. The molecule has 15 heavy (non-hydrogen) atoms. The standard InChI is InChI=1S/C13H16NO/c1-2-4-12(5-3-1)14-8-9-15-13(10-14)11-6-7-11/h2-5,11,13H,6-10H2. The molecule has 1 heterocycles. The SMILES string of the molecule is [c]1ccc(N2CCOC(C3CC3)C2)cc1. The highest BCUT2D eigenvalue weighted by atomic mass is 16.5. The number of nitrogens with zero attached hydrogens (tertiary/aromatic N) is 1. The van der Waals surface area contributed by atoms with Crippen molar-refractivity contribution in [2.24, 2.45) is 5.92 Å². The Hall–Kier alpha value is -1.02. The van der Waals surface area contributed by atoms with Crippen molar-refractivity contribution in [2.45, 2.75) is 18.9 Å². The van der Waals surface area contributed by atoms with Crippen LogP contribution in [0.5, 0.6) is 0 Å². The second kappa shape index (κ2) is 3.86. The summed E-state index contributed by atoms with van der Waals surface area (Å²) in [5.41, 5.74) is 1.31. The predicted molar refractivity (Wildman–Crippen MR) is 60.0 cm³/mol. The van der Waals surface area contributed by atoms with Crippen LogP contribution in [-0.4, -0.2) is 25.8 Å². The number of benzene rings is 1. The molecule has 0 bridgehead atoms. The van der Waals surface area contributed by atoms with Crippen LogP contribution in [0, 0.1) is 12.0 Å². The van der Waals surface area contributed by atoms with Crippen LogP contribution in [-0.2, 0) is 4.74 Å². The summed E-state index contributed by atoms with van der Waals surface area (Å²) in [5.74, 6) is 0.836. The van der Waals surface area contributed by atoms with Crippen LogP contribution in [0.1, 0.15) is 12.8 Å². The van der Waals surface area contributed by atoms with Gasteiger partial charge in [-0.15, -0.1) is 0 Å². The summed E-state index contributed by atoms with van der Waals surface area (Å²) in [5, 5.41) is 0. The average molecular weight is 202 g/mol. The molecule has 3 rings (SSSR count). The Morgan fingerprint density at radius 1 is 1.27 bits per heavy atom. The highest BCUT2D eigenvalue weighted by molar-refractivity contribution is 5.46. The summed E-state index contributed by atoms with van der Waals surface area (Å²) in [4.78, 5) is 2.43. The summed E-state index contributed by atoms with van der Waals surface area (Å²) < 4.78 is 5.80. The van der Waals surface area contributed by atoms with E-state index >= 15 is 0 Å². The van der Waals surface area contributed by atoms with Gasteiger partial charge in [-0.25, -0.2) is 0 Å². The molecule has 79 valence electrons. The first-order chi connectivity index (χ1) is 7.43. The summed E-state index contributed by atoms with van der Waals surface area (Å²) in [6.07, 6.45) is 3.20. The molecule has 0 amide bonds. The van der Waals surface area contributed by atoms with Gasteiger partial charge in [0, 0.05) is 18.8 Å². The van der Waals surface area contributed by atoms with Crippen LogP contribution in [0.4, 0.5) is 5.69 Å². The van der Waals surface area contributed by atoms with Crippen LogP contribution in [0.15, 0.2) is 24.3 Å².